The Morgan fingerprint density at radius 1 is 0.280 bits per heavy atom. The Kier molecular flexibility index (Phi) is 58.9. The number of esters is 3. The molecule has 1 atom stereocenters. The van der Waals surface area contributed by atoms with E-state index in [2.05, 4.69) is 136 Å². The maximum absolute atomic E-state index is 12.9. The molecule has 0 aliphatic rings. The fourth-order valence-corrected chi connectivity index (χ4v) is 8.36. The maximum atomic E-state index is 12.9. The lowest BCUT2D eigenvalue weighted by Crippen LogP contribution is -2.30. The molecule has 0 heterocycles. The van der Waals surface area contributed by atoms with Crippen molar-refractivity contribution in [2.75, 3.05) is 13.2 Å². The SMILES string of the molecule is CC/C=C\C/C=C\C/C=C\C/C=C\CCCCCCCCCCCCC(=O)OCC(COC(=O)CC/C=C\C/C=C\C/C=C\C/C=C\CC)OC(=O)CCCCCCCCCCC/C=C\C/C=C\CCCCCCC. The first kappa shape index (κ1) is 70.8. The van der Waals surface area contributed by atoms with Crippen LogP contribution in [0.1, 0.15) is 278 Å². The van der Waals surface area contributed by atoms with Crippen LogP contribution in [-0.2, 0) is 28.6 Å². The zero-order valence-electron chi connectivity index (χ0n) is 48.8. The number of ether oxygens (including phenoxy) is 3. The summed E-state index contributed by atoms with van der Waals surface area (Å²) in [6.07, 6.45) is 86.4. The van der Waals surface area contributed by atoms with E-state index in [1.54, 1.807) is 0 Å². The van der Waals surface area contributed by atoms with Crippen molar-refractivity contribution in [3.63, 3.8) is 0 Å². The van der Waals surface area contributed by atoms with Crippen molar-refractivity contribution in [2.24, 2.45) is 0 Å². The largest absolute Gasteiger partial charge is 0.462 e. The molecule has 75 heavy (non-hydrogen) atoms. The second-order valence-corrected chi connectivity index (χ2v) is 20.2. The molecule has 0 aliphatic carbocycles. The summed E-state index contributed by atoms with van der Waals surface area (Å²) in [5.74, 6) is -0.996. The molecule has 0 saturated heterocycles. The Hall–Kier alpha value is -4.19. The molecule has 1 unspecified atom stereocenters. The smallest absolute Gasteiger partial charge is 0.306 e. The van der Waals surface area contributed by atoms with Gasteiger partial charge in [0, 0.05) is 19.3 Å². The van der Waals surface area contributed by atoms with Gasteiger partial charge in [-0.25, -0.2) is 0 Å². The summed E-state index contributed by atoms with van der Waals surface area (Å²) in [5, 5.41) is 0. The third-order valence-electron chi connectivity index (χ3n) is 12.9. The van der Waals surface area contributed by atoms with E-state index in [0.29, 0.717) is 19.3 Å². The van der Waals surface area contributed by atoms with Crippen LogP contribution in [0, 0.1) is 0 Å². The van der Waals surface area contributed by atoms with Crippen LogP contribution < -0.4 is 0 Å². The van der Waals surface area contributed by atoms with Gasteiger partial charge in [-0.15, -0.1) is 0 Å². The van der Waals surface area contributed by atoms with Gasteiger partial charge in [-0.05, 0) is 116 Å². The molecular weight excluding hydrogens is 925 g/mol. The molecule has 0 radical (unpaired) electrons. The second kappa shape index (κ2) is 62.4. The number of hydrogen-bond acceptors (Lipinski definition) is 6. The minimum atomic E-state index is -0.815. The number of unbranched alkanes of at least 4 members (excludes halogenated alkanes) is 24. The van der Waals surface area contributed by atoms with Gasteiger partial charge in [0.2, 0.25) is 0 Å². The molecule has 0 fully saturated rings. The number of carbonyl (C=O) groups excluding carboxylic acids is 3. The van der Waals surface area contributed by atoms with Crippen LogP contribution in [0.25, 0.3) is 0 Å². The number of rotatable bonds is 55. The van der Waals surface area contributed by atoms with Crippen LogP contribution in [0.4, 0.5) is 0 Å². The fraction of sp³-hybridized carbons (Fsp3) is 0.667. The van der Waals surface area contributed by atoms with Crippen molar-refractivity contribution in [1.82, 2.24) is 0 Å². The van der Waals surface area contributed by atoms with Gasteiger partial charge in [0.25, 0.3) is 0 Å². The molecule has 0 saturated carbocycles. The molecule has 0 rings (SSSR count). The van der Waals surface area contributed by atoms with Crippen molar-refractivity contribution >= 4 is 17.9 Å². The Labute approximate surface area is 462 Å². The third-order valence-corrected chi connectivity index (χ3v) is 12.9. The summed E-state index contributed by atoms with van der Waals surface area (Å²) >= 11 is 0. The molecule has 0 N–H and O–H groups in total. The summed E-state index contributed by atoms with van der Waals surface area (Å²) in [6.45, 7) is 6.34. The van der Waals surface area contributed by atoms with E-state index in [4.69, 9.17) is 14.2 Å². The molecule has 6 nitrogen and oxygen atoms in total. The van der Waals surface area contributed by atoms with Gasteiger partial charge in [0.05, 0.1) is 0 Å². The molecule has 0 aromatic heterocycles. The molecule has 0 bridgehead atoms. The number of allylic oxidation sites excluding steroid dienone is 20. The molecule has 0 aromatic carbocycles. The Morgan fingerprint density at radius 3 is 0.893 bits per heavy atom. The van der Waals surface area contributed by atoms with Crippen molar-refractivity contribution in [1.29, 1.82) is 0 Å². The molecule has 0 aliphatic heterocycles. The molecule has 426 valence electrons. The molecular formula is C69H114O6. The first-order valence-corrected chi connectivity index (χ1v) is 31.0. The van der Waals surface area contributed by atoms with E-state index in [1.807, 2.05) is 6.08 Å². The number of hydrogen-bond donors (Lipinski definition) is 0. The van der Waals surface area contributed by atoms with Crippen LogP contribution in [-0.4, -0.2) is 37.2 Å². The lowest BCUT2D eigenvalue weighted by atomic mass is 10.1. The predicted octanol–water partition coefficient (Wildman–Crippen LogP) is 21.2. The van der Waals surface area contributed by atoms with Gasteiger partial charge in [-0.1, -0.05) is 264 Å². The maximum Gasteiger partial charge on any atom is 0.306 e. The topological polar surface area (TPSA) is 78.9 Å². The van der Waals surface area contributed by atoms with E-state index < -0.39 is 6.10 Å². The van der Waals surface area contributed by atoms with Crippen molar-refractivity contribution in [2.45, 2.75) is 284 Å². The molecule has 0 amide bonds. The third kappa shape index (κ3) is 60.6. The van der Waals surface area contributed by atoms with Crippen molar-refractivity contribution < 1.29 is 28.6 Å². The highest BCUT2D eigenvalue weighted by Gasteiger charge is 2.19. The normalized spacial score (nSPS) is 12.9. The summed E-state index contributed by atoms with van der Waals surface area (Å²) in [4.78, 5) is 38.2. The number of carbonyl (C=O) groups is 3. The van der Waals surface area contributed by atoms with Crippen LogP contribution in [0.2, 0.25) is 0 Å². The Morgan fingerprint density at radius 2 is 0.547 bits per heavy atom. The van der Waals surface area contributed by atoms with E-state index >= 15 is 0 Å². The van der Waals surface area contributed by atoms with Crippen LogP contribution in [0.5, 0.6) is 0 Å². The molecule has 0 spiro atoms. The Balaban J connectivity index is 4.40. The zero-order valence-corrected chi connectivity index (χ0v) is 48.8. The quantitative estimate of drug-likeness (QED) is 0.0261. The van der Waals surface area contributed by atoms with Crippen molar-refractivity contribution in [3.05, 3.63) is 122 Å². The van der Waals surface area contributed by atoms with Gasteiger partial charge in [0.1, 0.15) is 13.2 Å². The molecule has 0 aromatic rings. The van der Waals surface area contributed by atoms with Gasteiger partial charge in [0.15, 0.2) is 6.10 Å². The van der Waals surface area contributed by atoms with Crippen molar-refractivity contribution in [3.8, 4) is 0 Å². The minimum Gasteiger partial charge on any atom is -0.462 e. The second-order valence-electron chi connectivity index (χ2n) is 20.2. The summed E-state index contributed by atoms with van der Waals surface area (Å²) < 4.78 is 16.8. The van der Waals surface area contributed by atoms with E-state index in [9.17, 15) is 14.4 Å². The first-order valence-electron chi connectivity index (χ1n) is 31.0. The van der Waals surface area contributed by atoms with Gasteiger partial charge < -0.3 is 14.2 Å². The zero-order chi connectivity index (χ0) is 54.3. The average Bonchev–Trinajstić information content (AvgIpc) is 3.41. The van der Waals surface area contributed by atoms with Crippen LogP contribution in [0.15, 0.2) is 122 Å². The van der Waals surface area contributed by atoms with E-state index in [1.165, 1.54) is 135 Å². The summed E-state index contributed by atoms with van der Waals surface area (Å²) in [5.41, 5.74) is 0. The summed E-state index contributed by atoms with van der Waals surface area (Å²) in [7, 11) is 0. The van der Waals surface area contributed by atoms with Gasteiger partial charge in [-0.3, -0.25) is 14.4 Å². The van der Waals surface area contributed by atoms with E-state index in [-0.39, 0.29) is 37.5 Å². The monoisotopic (exact) mass is 1040 g/mol. The lowest BCUT2D eigenvalue weighted by molar-refractivity contribution is -0.166. The average molecular weight is 1040 g/mol. The Bertz CT molecular complexity index is 1570. The minimum absolute atomic E-state index is 0.106. The predicted molar refractivity (Wildman–Crippen MR) is 325 cm³/mol. The molecule has 6 heteroatoms. The fourth-order valence-electron chi connectivity index (χ4n) is 8.36. The van der Waals surface area contributed by atoms with Gasteiger partial charge in [-0.2, -0.15) is 0 Å². The van der Waals surface area contributed by atoms with Crippen LogP contribution in [0.3, 0.4) is 0 Å². The standard InChI is InChI=1S/C69H114O6/c1-4-7-10-13-16-19-22-25-27-29-31-33-34-36-37-39-41-44-47-50-53-56-59-62-68(71)74-65-66(64-73-67(70)61-58-55-52-49-46-43-24-21-18-15-12-9-6-3)75-69(72)63-60-57-54-51-48-45-42-40-38-35-32-30-28-26-23-20-17-14-11-8-5-2/h7,9-10,12,16,18-19,21,23,25-27,30-33,43,46,52,55,66H,4-6,8,11,13-15,17,20,22,24,28-29,34-42,44-45,47-51,53-54,56-65H2,1-3H3/b10-7-,12-9-,19-16-,21-18-,26-23-,27-25-,32-30-,33-31-,46-43-,55-52-. The highest BCUT2D eigenvalue weighted by molar-refractivity contribution is 5.71. The van der Waals surface area contributed by atoms with Gasteiger partial charge >= 0.3 is 17.9 Å². The summed E-state index contributed by atoms with van der Waals surface area (Å²) in [6, 6.07) is 0. The van der Waals surface area contributed by atoms with E-state index in [0.717, 1.165) is 96.3 Å². The highest BCUT2D eigenvalue weighted by Crippen LogP contribution is 2.15. The van der Waals surface area contributed by atoms with Crippen LogP contribution >= 0.6 is 0 Å². The highest BCUT2D eigenvalue weighted by atomic mass is 16.6. The lowest BCUT2D eigenvalue weighted by Gasteiger charge is -2.18. The first-order chi connectivity index (χ1) is 37.0.